The number of benzene rings is 1. The fourth-order valence-corrected chi connectivity index (χ4v) is 5.80. The van der Waals surface area contributed by atoms with Crippen LogP contribution in [0.1, 0.15) is 25.5 Å². The van der Waals surface area contributed by atoms with Crippen LogP contribution < -0.4 is 15.0 Å². The molecule has 1 aromatic heterocycles. The minimum Gasteiger partial charge on any atom is -0.494 e. The van der Waals surface area contributed by atoms with E-state index in [0.717, 1.165) is 35.9 Å². The number of nitrogens with one attached hydrogen (secondary N) is 1. The summed E-state index contributed by atoms with van der Waals surface area (Å²) in [7, 11) is 7.90. The first-order chi connectivity index (χ1) is 19.3. The molecule has 4 heterocycles. The molecule has 0 aliphatic carbocycles. The quantitative estimate of drug-likeness (QED) is 0.395. The summed E-state index contributed by atoms with van der Waals surface area (Å²) >= 11 is 0. The summed E-state index contributed by atoms with van der Waals surface area (Å²) in [4.78, 5) is 29.1. The maximum Gasteiger partial charge on any atom is 0.343 e. The van der Waals surface area contributed by atoms with Gasteiger partial charge in [-0.05, 0) is 45.0 Å². The second kappa shape index (κ2) is 12.0. The molecule has 0 amide bonds. The van der Waals surface area contributed by atoms with Crippen molar-refractivity contribution in [2.75, 3.05) is 84.3 Å². The molecule has 5 rings (SSSR count). The number of esters is 1. The van der Waals surface area contributed by atoms with E-state index < -0.39 is 0 Å². The van der Waals surface area contributed by atoms with Gasteiger partial charge in [0.15, 0.2) is 5.70 Å². The SMILES string of the molecule is CCOC(=O)C1=C[N+](C)(C)C(c2ccnc(Nc3ccc(N4CCC(N5CCN(C)CC5)CC4)cc3OC)n2)=C1. The molecule has 0 bridgehead atoms. The van der Waals surface area contributed by atoms with Crippen molar-refractivity contribution in [3.63, 3.8) is 0 Å². The van der Waals surface area contributed by atoms with E-state index in [-0.39, 0.29) is 5.97 Å². The highest BCUT2D eigenvalue weighted by atomic mass is 16.5. The van der Waals surface area contributed by atoms with E-state index >= 15 is 0 Å². The summed E-state index contributed by atoms with van der Waals surface area (Å²) < 4.78 is 11.3. The number of quaternary nitrogens is 1. The van der Waals surface area contributed by atoms with Crippen molar-refractivity contribution in [1.29, 1.82) is 0 Å². The zero-order chi connectivity index (χ0) is 28.3. The van der Waals surface area contributed by atoms with Crippen LogP contribution in [0, 0.1) is 0 Å². The van der Waals surface area contributed by atoms with Gasteiger partial charge in [-0.25, -0.2) is 14.8 Å². The molecule has 10 heteroatoms. The van der Waals surface area contributed by atoms with E-state index in [0.29, 0.717) is 28.7 Å². The predicted molar refractivity (Wildman–Crippen MR) is 157 cm³/mol. The Morgan fingerprint density at radius 3 is 2.55 bits per heavy atom. The third-order valence-electron chi connectivity index (χ3n) is 8.12. The lowest BCUT2D eigenvalue weighted by Crippen LogP contribution is -2.52. The van der Waals surface area contributed by atoms with Crippen molar-refractivity contribution in [3.8, 4) is 5.75 Å². The number of anilines is 3. The highest BCUT2D eigenvalue weighted by Crippen LogP contribution is 2.35. The van der Waals surface area contributed by atoms with Crippen LogP contribution in [0.25, 0.3) is 5.70 Å². The molecular formula is C30H42N7O3+. The number of piperazine rings is 1. The number of carbonyl (C=O) groups is 1. The van der Waals surface area contributed by atoms with Crippen LogP contribution in [0.5, 0.6) is 5.75 Å². The first kappa shape index (κ1) is 28.1. The molecule has 214 valence electrons. The monoisotopic (exact) mass is 548 g/mol. The molecule has 2 aromatic rings. The molecule has 3 aliphatic heterocycles. The van der Waals surface area contributed by atoms with Gasteiger partial charge in [-0.1, -0.05) is 0 Å². The van der Waals surface area contributed by atoms with Crippen LogP contribution in [0.4, 0.5) is 17.3 Å². The first-order valence-electron chi connectivity index (χ1n) is 14.2. The second-order valence-electron chi connectivity index (χ2n) is 11.2. The van der Waals surface area contributed by atoms with Crippen LogP contribution in [0.15, 0.2) is 48.3 Å². The maximum atomic E-state index is 12.3. The summed E-state index contributed by atoms with van der Waals surface area (Å²) in [5.41, 5.74) is 4.12. The molecule has 0 atom stereocenters. The fraction of sp³-hybridized carbons (Fsp3) is 0.500. The van der Waals surface area contributed by atoms with E-state index in [9.17, 15) is 4.79 Å². The van der Waals surface area contributed by atoms with E-state index in [1.807, 2.05) is 38.5 Å². The zero-order valence-corrected chi connectivity index (χ0v) is 24.4. The van der Waals surface area contributed by atoms with Gasteiger partial charge in [-0.2, -0.15) is 0 Å². The van der Waals surface area contributed by atoms with Crippen molar-refractivity contribution in [2.45, 2.75) is 25.8 Å². The Morgan fingerprint density at radius 2 is 1.85 bits per heavy atom. The molecule has 40 heavy (non-hydrogen) atoms. The summed E-state index contributed by atoms with van der Waals surface area (Å²) in [6.45, 7) is 8.91. The maximum absolute atomic E-state index is 12.3. The average Bonchev–Trinajstić information content (AvgIpc) is 3.29. The minimum absolute atomic E-state index is 0.329. The molecule has 0 saturated carbocycles. The molecule has 0 unspecified atom stereocenters. The Bertz CT molecular complexity index is 1280. The van der Waals surface area contributed by atoms with Gasteiger partial charge in [-0.15, -0.1) is 0 Å². The van der Waals surface area contributed by atoms with Crippen LogP contribution >= 0.6 is 0 Å². The number of likely N-dealkylation sites (N-methyl/N-ethyl adjacent to an activating group) is 1. The summed E-state index contributed by atoms with van der Waals surface area (Å²) in [5, 5.41) is 3.33. The van der Waals surface area contributed by atoms with Crippen molar-refractivity contribution in [2.24, 2.45) is 0 Å². The smallest absolute Gasteiger partial charge is 0.343 e. The van der Waals surface area contributed by atoms with Gasteiger partial charge in [0.25, 0.3) is 0 Å². The van der Waals surface area contributed by atoms with Gasteiger partial charge in [0.05, 0.1) is 33.5 Å². The lowest BCUT2D eigenvalue weighted by molar-refractivity contribution is -0.760. The number of piperidine rings is 1. The molecule has 2 saturated heterocycles. The lowest BCUT2D eigenvalue weighted by atomic mass is 10.0. The van der Waals surface area contributed by atoms with Gasteiger partial charge < -0.3 is 24.6 Å². The van der Waals surface area contributed by atoms with Gasteiger partial charge in [0, 0.05) is 69.3 Å². The third kappa shape index (κ3) is 6.14. The van der Waals surface area contributed by atoms with Crippen LogP contribution in [0.2, 0.25) is 0 Å². The molecule has 1 aromatic carbocycles. The fourth-order valence-electron chi connectivity index (χ4n) is 5.80. The van der Waals surface area contributed by atoms with Crippen LogP contribution in [-0.2, 0) is 9.53 Å². The molecule has 1 N–H and O–H groups in total. The predicted octanol–water partition coefficient (Wildman–Crippen LogP) is 3.32. The molecule has 0 radical (unpaired) electrons. The minimum atomic E-state index is -0.329. The lowest BCUT2D eigenvalue weighted by Gasteiger charge is -2.42. The highest BCUT2D eigenvalue weighted by molar-refractivity contribution is 5.94. The number of nitrogens with zero attached hydrogens (tertiary/aromatic N) is 6. The average molecular weight is 549 g/mol. The standard InChI is InChI=1S/C30H42N7O3/c1-6-40-29(38)22-19-27(37(3,4)21-22)25-9-12-31-30(32-25)33-26-8-7-24(20-28(26)39-5)35-13-10-23(11-14-35)36-17-15-34(2)16-18-36/h7-9,12,19-21,23H,6,10-11,13-18H2,1-5H3,(H,31,32,33)/q+1. The second-order valence-corrected chi connectivity index (χ2v) is 11.2. The van der Waals surface area contributed by atoms with Crippen molar-refractivity contribution in [3.05, 3.63) is 54.0 Å². The number of methoxy groups -OCH3 is 1. The van der Waals surface area contributed by atoms with Gasteiger partial charge in [-0.3, -0.25) is 9.38 Å². The number of aromatic nitrogens is 2. The number of rotatable bonds is 8. The Labute approximate surface area is 237 Å². The Kier molecular flexibility index (Phi) is 8.39. The number of carbonyl (C=O) groups excluding carboxylic acids is 1. The highest BCUT2D eigenvalue weighted by Gasteiger charge is 2.33. The molecule has 2 fully saturated rings. The molecule has 3 aliphatic rings. The summed E-state index contributed by atoms with van der Waals surface area (Å²) in [5.74, 6) is 0.877. The number of hydrogen-bond donors (Lipinski definition) is 1. The van der Waals surface area contributed by atoms with E-state index in [2.05, 4.69) is 44.2 Å². The topological polar surface area (TPSA) is 83.1 Å². The Hall–Kier alpha value is -3.47. The Morgan fingerprint density at radius 1 is 1.10 bits per heavy atom. The number of hydrogen-bond acceptors (Lipinski definition) is 9. The molecule has 10 nitrogen and oxygen atoms in total. The largest absolute Gasteiger partial charge is 0.494 e. The van der Waals surface area contributed by atoms with Gasteiger partial charge in [0.1, 0.15) is 23.2 Å². The van der Waals surface area contributed by atoms with Gasteiger partial charge >= 0.3 is 5.97 Å². The van der Waals surface area contributed by atoms with Crippen LogP contribution in [-0.4, -0.2) is 110 Å². The van der Waals surface area contributed by atoms with E-state index in [1.54, 1.807) is 20.2 Å². The molecule has 0 spiro atoms. The van der Waals surface area contributed by atoms with Crippen molar-refractivity contribution >= 4 is 29.0 Å². The van der Waals surface area contributed by atoms with Gasteiger partial charge in [0.2, 0.25) is 5.95 Å². The van der Waals surface area contributed by atoms with E-state index in [4.69, 9.17) is 14.5 Å². The van der Waals surface area contributed by atoms with Crippen molar-refractivity contribution in [1.82, 2.24) is 19.8 Å². The summed E-state index contributed by atoms with van der Waals surface area (Å²) in [6, 6.07) is 8.80. The normalized spacial score (nSPS) is 20.2. The number of ether oxygens (including phenoxy) is 2. The zero-order valence-electron chi connectivity index (χ0n) is 24.4. The molecular weight excluding hydrogens is 506 g/mol. The summed E-state index contributed by atoms with van der Waals surface area (Å²) in [6.07, 6.45) is 7.80. The van der Waals surface area contributed by atoms with Crippen LogP contribution in [0.3, 0.4) is 0 Å². The third-order valence-corrected chi connectivity index (χ3v) is 8.12. The Balaban J connectivity index is 1.26. The first-order valence-corrected chi connectivity index (χ1v) is 14.2. The van der Waals surface area contributed by atoms with Crippen molar-refractivity contribution < 1.29 is 18.8 Å². The van der Waals surface area contributed by atoms with E-state index in [1.165, 1.54) is 44.7 Å².